The van der Waals surface area contributed by atoms with Crippen molar-refractivity contribution in [1.82, 2.24) is 14.3 Å². The number of rotatable bonds is 5. The average Bonchev–Trinajstić information content (AvgIpc) is 3.46. The minimum absolute atomic E-state index is 0.122. The van der Waals surface area contributed by atoms with Crippen LogP contribution in [-0.2, 0) is 14.3 Å². The summed E-state index contributed by atoms with van der Waals surface area (Å²) in [5.74, 6) is 0.234. The van der Waals surface area contributed by atoms with Gasteiger partial charge in [-0.2, -0.15) is 0 Å². The monoisotopic (exact) mass is 435 g/mol. The second-order valence-electron chi connectivity index (χ2n) is 8.55. The summed E-state index contributed by atoms with van der Waals surface area (Å²) >= 11 is 0. The number of hydrogen-bond acceptors (Lipinski definition) is 5. The first kappa shape index (κ1) is 21.0. The third-order valence-corrected chi connectivity index (χ3v) is 6.70. The minimum Gasteiger partial charge on any atom is -0.496 e. The Morgan fingerprint density at radius 2 is 1.91 bits per heavy atom. The van der Waals surface area contributed by atoms with Crippen LogP contribution in [0, 0.1) is 6.92 Å². The van der Waals surface area contributed by atoms with E-state index in [1.165, 1.54) is 0 Å². The molecule has 2 aliphatic heterocycles. The van der Waals surface area contributed by atoms with E-state index >= 15 is 0 Å². The van der Waals surface area contributed by atoms with Gasteiger partial charge in [-0.15, -0.1) is 0 Å². The largest absolute Gasteiger partial charge is 0.496 e. The number of hydrogen-bond donors (Lipinski definition) is 0. The van der Waals surface area contributed by atoms with Crippen molar-refractivity contribution >= 4 is 11.6 Å². The molecule has 1 spiro atoms. The highest BCUT2D eigenvalue weighted by Gasteiger charge is 2.41. The van der Waals surface area contributed by atoms with E-state index < -0.39 is 5.79 Å². The lowest BCUT2D eigenvalue weighted by atomic mass is 9.90. The molecule has 2 aliphatic rings. The van der Waals surface area contributed by atoms with Crippen molar-refractivity contribution in [3.8, 4) is 5.75 Å². The van der Waals surface area contributed by atoms with Crippen molar-refractivity contribution in [2.75, 3.05) is 33.4 Å². The fraction of sp³-hybridized carbons (Fsp3) is 0.440. The van der Waals surface area contributed by atoms with E-state index in [4.69, 9.17) is 14.2 Å². The number of carbonyl (C=O) groups is 1. The second-order valence-corrected chi connectivity index (χ2v) is 8.55. The Bertz CT molecular complexity index is 1110. The number of amides is 1. The van der Waals surface area contributed by atoms with E-state index in [-0.39, 0.29) is 11.8 Å². The smallest absolute Gasteiger partial charge is 0.223 e. The van der Waals surface area contributed by atoms with Crippen molar-refractivity contribution in [1.29, 1.82) is 0 Å². The molecular weight excluding hydrogens is 406 g/mol. The third-order valence-electron chi connectivity index (χ3n) is 6.70. The molecule has 2 aromatic heterocycles. The molecule has 3 aromatic rings. The summed E-state index contributed by atoms with van der Waals surface area (Å²) in [5, 5.41) is 0. The lowest BCUT2D eigenvalue weighted by molar-refractivity contribution is -0.187. The van der Waals surface area contributed by atoms with Crippen LogP contribution in [0.1, 0.15) is 42.0 Å². The van der Waals surface area contributed by atoms with Gasteiger partial charge in [0, 0.05) is 56.2 Å². The number of pyridine rings is 1. The molecule has 7 heteroatoms. The van der Waals surface area contributed by atoms with Gasteiger partial charge in [0.15, 0.2) is 5.79 Å². The number of fused-ring (bicyclic) bond motifs is 1. The highest BCUT2D eigenvalue weighted by molar-refractivity contribution is 5.78. The predicted molar refractivity (Wildman–Crippen MR) is 120 cm³/mol. The predicted octanol–water partition coefficient (Wildman–Crippen LogP) is 3.54. The van der Waals surface area contributed by atoms with Gasteiger partial charge in [-0.25, -0.2) is 4.98 Å². The summed E-state index contributed by atoms with van der Waals surface area (Å²) in [6.45, 7) is 4.61. The summed E-state index contributed by atoms with van der Waals surface area (Å²) in [6, 6.07) is 12.0. The van der Waals surface area contributed by atoms with Gasteiger partial charge >= 0.3 is 0 Å². The number of benzene rings is 1. The number of para-hydroxylation sites is 1. The lowest BCUT2D eigenvalue weighted by Crippen LogP contribution is -2.47. The van der Waals surface area contributed by atoms with E-state index in [0.29, 0.717) is 45.6 Å². The molecule has 7 nitrogen and oxygen atoms in total. The van der Waals surface area contributed by atoms with Crippen LogP contribution in [0.2, 0.25) is 0 Å². The first-order chi connectivity index (χ1) is 15.6. The molecule has 2 fully saturated rings. The number of imidazole rings is 1. The molecule has 0 N–H and O–H groups in total. The summed E-state index contributed by atoms with van der Waals surface area (Å²) in [4.78, 5) is 20.0. The molecule has 4 heterocycles. The number of likely N-dealkylation sites (tertiary alicyclic amines) is 1. The molecule has 2 saturated heterocycles. The summed E-state index contributed by atoms with van der Waals surface area (Å²) in [7, 11) is 1.67. The molecule has 1 unspecified atom stereocenters. The van der Waals surface area contributed by atoms with Crippen LogP contribution in [0.4, 0.5) is 0 Å². The lowest BCUT2D eigenvalue weighted by Gasteiger charge is -2.38. The maximum absolute atomic E-state index is 13.5. The molecule has 5 rings (SSSR count). The zero-order valence-corrected chi connectivity index (χ0v) is 18.6. The van der Waals surface area contributed by atoms with E-state index in [2.05, 4.69) is 9.38 Å². The topological polar surface area (TPSA) is 65.3 Å². The summed E-state index contributed by atoms with van der Waals surface area (Å²) < 4.78 is 19.4. The van der Waals surface area contributed by atoms with Gasteiger partial charge in [-0.05, 0) is 24.6 Å². The van der Waals surface area contributed by atoms with Gasteiger partial charge in [0.05, 0.1) is 26.0 Å². The van der Waals surface area contributed by atoms with Crippen LogP contribution >= 0.6 is 0 Å². The minimum atomic E-state index is -0.488. The molecule has 1 amide bonds. The van der Waals surface area contributed by atoms with Crippen LogP contribution in [-0.4, -0.2) is 59.4 Å². The highest BCUT2D eigenvalue weighted by Crippen LogP contribution is 2.37. The molecule has 1 atom stereocenters. The van der Waals surface area contributed by atoms with E-state index in [1.54, 1.807) is 7.11 Å². The van der Waals surface area contributed by atoms with Crippen LogP contribution in [0.25, 0.3) is 5.65 Å². The Morgan fingerprint density at radius 1 is 1.16 bits per heavy atom. The van der Waals surface area contributed by atoms with Crippen molar-refractivity contribution in [3.63, 3.8) is 0 Å². The number of piperidine rings is 1. The molecule has 0 radical (unpaired) electrons. The maximum Gasteiger partial charge on any atom is 0.223 e. The standard InChI is InChI=1S/C25H29N3O4/c1-18-6-5-11-28-21(17-26-24(18)28)20(19-7-3-4-8-22(19)30-2)16-23(29)27-12-9-25(10-13-27)31-14-15-32-25/h3-8,11,17,20H,9-10,12-16H2,1-2H3. The third kappa shape index (κ3) is 3.76. The number of methoxy groups -OCH3 is 1. The SMILES string of the molecule is COc1ccccc1C(CC(=O)N1CCC2(CC1)OCCO2)c1cnc2c(C)cccn12. The first-order valence-electron chi connectivity index (χ1n) is 11.2. The maximum atomic E-state index is 13.5. The number of aryl methyl sites for hydroxylation is 1. The van der Waals surface area contributed by atoms with Crippen LogP contribution in [0.5, 0.6) is 5.75 Å². The average molecular weight is 436 g/mol. The highest BCUT2D eigenvalue weighted by atomic mass is 16.7. The van der Waals surface area contributed by atoms with Crippen LogP contribution in [0.15, 0.2) is 48.8 Å². The van der Waals surface area contributed by atoms with Crippen LogP contribution in [0.3, 0.4) is 0 Å². The van der Waals surface area contributed by atoms with E-state index in [0.717, 1.165) is 28.2 Å². The van der Waals surface area contributed by atoms with Gasteiger partial charge < -0.3 is 23.5 Å². The molecular formula is C25H29N3O4. The van der Waals surface area contributed by atoms with Gasteiger partial charge in [-0.1, -0.05) is 24.3 Å². The first-order valence-corrected chi connectivity index (χ1v) is 11.2. The van der Waals surface area contributed by atoms with Crippen molar-refractivity contribution in [2.24, 2.45) is 0 Å². The number of carbonyl (C=O) groups excluding carboxylic acids is 1. The number of ether oxygens (including phenoxy) is 3. The molecule has 32 heavy (non-hydrogen) atoms. The van der Waals surface area contributed by atoms with Gasteiger partial charge in [0.25, 0.3) is 0 Å². The summed E-state index contributed by atoms with van der Waals surface area (Å²) in [5.41, 5.74) is 3.98. The molecule has 0 saturated carbocycles. The molecule has 168 valence electrons. The quantitative estimate of drug-likeness (QED) is 0.613. The number of nitrogens with zero attached hydrogens (tertiary/aromatic N) is 3. The van der Waals surface area contributed by atoms with E-state index in [9.17, 15) is 4.79 Å². The Labute approximate surface area is 187 Å². The van der Waals surface area contributed by atoms with Crippen LogP contribution < -0.4 is 4.74 Å². The van der Waals surface area contributed by atoms with Crippen molar-refractivity contribution < 1.29 is 19.0 Å². The fourth-order valence-electron chi connectivity index (χ4n) is 4.94. The zero-order chi connectivity index (χ0) is 22.1. The Morgan fingerprint density at radius 3 is 2.66 bits per heavy atom. The molecule has 1 aromatic carbocycles. The van der Waals surface area contributed by atoms with Crippen molar-refractivity contribution in [2.45, 2.75) is 37.9 Å². The van der Waals surface area contributed by atoms with Gasteiger partial charge in [0.1, 0.15) is 11.4 Å². The summed E-state index contributed by atoms with van der Waals surface area (Å²) in [6.07, 6.45) is 5.67. The molecule has 0 bridgehead atoms. The van der Waals surface area contributed by atoms with Gasteiger partial charge in [-0.3, -0.25) is 4.79 Å². The Kier molecular flexibility index (Phi) is 5.61. The normalized spacial score (nSPS) is 18.9. The Hall–Kier alpha value is -2.90. The Balaban J connectivity index is 1.45. The molecule has 0 aliphatic carbocycles. The zero-order valence-electron chi connectivity index (χ0n) is 18.6. The number of aromatic nitrogens is 2. The fourth-order valence-corrected chi connectivity index (χ4v) is 4.94. The van der Waals surface area contributed by atoms with Gasteiger partial charge in [0.2, 0.25) is 5.91 Å². The van der Waals surface area contributed by atoms with Crippen molar-refractivity contribution in [3.05, 3.63) is 65.6 Å². The van der Waals surface area contributed by atoms with E-state index in [1.807, 2.05) is 60.6 Å². The second kappa shape index (κ2) is 8.56.